The smallest absolute Gasteiger partial charge is 0.166 e. The van der Waals surface area contributed by atoms with Crippen LogP contribution in [0.2, 0.25) is 0 Å². The number of hydrogen-bond donors (Lipinski definition) is 3. The van der Waals surface area contributed by atoms with Crippen LogP contribution in [-0.4, -0.2) is 40.0 Å². The van der Waals surface area contributed by atoms with E-state index in [0.717, 1.165) is 41.2 Å². The van der Waals surface area contributed by atoms with Crippen LogP contribution in [-0.2, 0) is 0 Å². The van der Waals surface area contributed by atoms with Crippen molar-refractivity contribution in [2.45, 2.75) is 36.9 Å². The van der Waals surface area contributed by atoms with Crippen LogP contribution in [0.25, 0.3) is 11.0 Å². The minimum absolute atomic E-state index is 0.131. The van der Waals surface area contributed by atoms with Gasteiger partial charge in [0, 0.05) is 11.3 Å². The highest BCUT2D eigenvalue weighted by Gasteiger charge is 2.24. The number of aromatic amines is 1. The van der Waals surface area contributed by atoms with Crippen molar-refractivity contribution in [2.24, 2.45) is 0 Å². The molecule has 1 aromatic carbocycles. The molecule has 20 heavy (non-hydrogen) atoms. The van der Waals surface area contributed by atoms with Crippen molar-refractivity contribution < 1.29 is 5.11 Å². The monoisotopic (exact) mass is 293 g/mol. The van der Waals surface area contributed by atoms with Gasteiger partial charge in [-0.05, 0) is 38.4 Å². The third-order valence-electron chi connectivity index (χ3n) is 3.92. The van der Waals surface area contributed by atoms with E-state index in [0.29, 0.717) is 0 Å². The summed E-state index contributed by atoms with van der Waals surface area (Å²) in [4.78, 5) is 7.87. The molecule has 0 radical (unpaired) electrons. The number of aliphatic hydroxyl groups excluding tert-OH is 1. The first-order valence-electron chi connectivity index (χ1n) is 7.10. The molecule has 0 aliphatic rings. The lowest BCUT2D eigenvalue weighted by Crippen LogP contribution is -2.45. The van der Waals surface area contributed by atoms with Gasteiger partial charge in [-0.1, -0.05) is 30.8 Å². The molecule has 4 nitrogen and oxygen atoms in total. The molecule has 0 saturated heterocycles. The first kappa shape index (κ1) is 15.4. The van der Waals surface area contributed by atoms with Gasteiger partial charge in [0.2, 0.25) is 0 Å². The first-order chi connectivity index (χ1) is 9.73. The topological polar surface area (TPSA) is 60.9 Å². The number of benzene rings is 1. The summed E-state index contributed by atoms with van der Waals surface area (Å²) in [5.74, 6) is 1.00. The van der Waals surface area contributed by atoms with Crippen molar-refractivity contribution in [3.8, 4) is 0 Å². The van der Waals surface area contributed by atoms with Gasteiger partial charge in [-0.15, -0.1) is 0 Å². The van der Waals surface area contributed by atoms with Crippen LogP contribution in [0.5, 0.6) is 0 Å². The van der Waals surface area contributed by atoms with Gasteiger partial charge in [0.1, 0.15) is 0 Å². The van der Waals surface area contributed by atoms with Gasteiger partial charge in [0.25, 0.3) is 0 Å². The molecule has 5 heteroatoms. The number of nitrogens with one attached hydrogen (secondary N) is 2. The van der Waals surface area contributed by atoms with E-state index in [1.807, 2.05) is 31.3 Å². The van der Waals surface area contributed by atoms with E-state index in [1.54, 1.807) is 11.8 Å². The van der Waals surface area contributed by atoms with E-state index in [2.05, 4.69) is 22.2 Å². The maximum atomic E-state index is 9.50. The van der Waals surface area contributed by atoms with Crippen molar-refractivity contribution in [1.29, 1.82) is 0 Å². The molecule has 1 aromatic heterocycles. The Bertz CT molecular complexity index is 495. The molecule has 1 heterocycles. The van der Waals surface area contributed by atoms with Crippen molar-refractivity contribution in [3.05, 3.63) is 24.3 Å². The average Bonchev–Trinajstić information content (AvgIpc) is 2.91. The summed E-state index contributed by atoms with van der Waals surface area (Å²) in [5.41, 5.74) is 1.97. The Morgan fingerprint density at radius 1 is 1.40 bits per heavy atom. The van der Waals surface area contributed by atoms with Crippen LogP contribution < -0.4 is 5.32 Å². The zero-order valence-electron chi connectivity index (χ0n) is 12.1. The van der Waals surface area contributed by atoms with E-state index in [4.69, 9.17) is 0 Å². The number of aromatic nitrogens is 2. The molecule has 0 amide bonds. The molecule has 1 unspecified atom stereocenters. The van der Waals surface area contributed by atoms with Gasteiger partial charge in [0.05, 0.1) is 17.6 Å². The van der Waals surface area contributed by atoms with Crippen LogP contribution >= 0.6 is 11.8 Å². The molecule has 1 atom stereocenters. The summed E-state index contributed by atoms with van der Waals surface area (Å²) >= 11 is 1.74. The van der Waals surface area contributed by atoms with Gasteiger partial charge in [0.15, 0.2) is 5.16 Å². The van der Waals surface area contributed by atoms with Gasteiger partial charge < -0.3 is 15.4 Å². The number of hydrogen-bond acceptors (Lipinski definition) is 4. The zero-order chi connectivity index (χ0) is 14.4. The second kappa shape index (κ2) is 7.11. The number of para-hydroxylation sites is 2. The van der Waals surface area contributed by atoms with E-state index < -0.39 is 0 Å². The van der Waals surface area contributed by atoms with E-state index >= 15 is 0 Å². The Kier molecular flexibility index (Phi) is 5.46. The third-order valence-corrected chi connectivity index (χ3v) is 4.88. The normalized spacial score (nSPS) is 14.6. The lowest BCUT2D eigenvalue weighted by atomic mass is 9.92. The quantitative estimate of drug-likeness (QED) is 0.517. The first-order valence-corrected chi connectivity index (χ1v) is 8.09. The highest BCUT2D eigenvalue weighted by Crippen LogP contribution is 2.23. The standard InChI is InChI=1S/C15H23N3OS/c1-3-15(11-19,16-2)9-6-10-20-14-17-12-7-4-5-8-13(12)18-14/h4-5,7-8,16,19H,3,6,9-11H2,1-2H3,(H,17,18). The number of rotatable bonds is 8. The Labute approximate surface area is 124 Å². The Morgan fingerprint density at radius 3 is 2.85 bits per heavy atom. The molecule has 2 rings (SSSR count). The molecule has 3 N–H and O–H groups in total. The molecule has 0 aliphatic heterocycles. The summed E-state index contributed by atoms with van der Waals surface area (Å²) < 4.78 is 0. The van der Waals surface area contributed by atoms with Crippen LogP contribution in [0.1, 0.15) is 26.2 Å². The van der Waals surface area contributed by atoms with E-state index in [1.165, 1.54) is 0 Å². The van der Waals surface area contributed by atoms with Crippen molar-refractivity contribution in [2.75, 3.05) is 19.4 Å². The number of fused-ring (bicyclic) bond motifs is 1. The molecular weight excluding hydrogens is 270 g/mol. The SMILES string of the molecule is CCC(CO)(CCCSc1nc2ccccc2[nH]1)NC. The summed E-state index contributed by atoms with van der Waals surface area (Å²) in [6.07, 6.45) is 2.97. The summed E-state index contributed by atoms with van der Waals surface area (Å²) in [5, 5.41) is 13.7. The Balaban J connectivity index is 1.84. The number of H-pyrrole nitrogens is 1. The largest absolute Gasteiger partial charge is 0.394 e. The van der Waals surface area contributed by atoms with Gasteiger partial charge in [-0.2, -0.15) is 0 Å². The second-order valence-electron chi connectivity index (χ2n) is 5.05. The van der Waals surface area contributed by atoms with Crippen molar-refractivity contribution >= 4 is 22.8 Å². The molecule has 110 valence electrons. The van der Waals surface area contributed by atoms with E-state index in [-0.39, 0.29) is 12.1 Å². The Morgan fingerprint density at radius 2 is 2.20 bits per heavy atom. The van der Waals surface area contributed by atoms with Gasteiger partial charge in [-0.25, -0.2) is 4.98 Å². The third kappa shape index (κ3) is 3.53. The lowest BCUT2D eigenvalue weighted by Gasteiger charge is -2.30. The second-order valence-corrected chi connectivity index (χ2v) is 6.14. The van der Waals surface area contributed by atoms with Crippen molar-refractivity contribution in [1.82, 2.24) is 15.3 Å². The molecule has 0 spiro atoms. The molecule has 2 aromatic rings. The molecule has 0 bridgehead atoms. The lowest BCUT2D eigenvalue weighted by molar-refractivity contribution is 0.154. The predicted octanol–water partition coefficient (Wildman–Crippen LogP) is 2.80. The van der Waals surface area contributed by atoms with Crippen LogP contribution in [0, 0.1) is 0 Å². The highest BCUT2D eigenvalue weighted by molar-refractivity contribution is 7.99. The van der Waals surface area contributed by atoms with Gasteiger partial charge >= 0.3 is 0 Å². The minimum atomic E-state index is -0.131. The van der Waals surface area contributed by atoms with Crippen LogP contribution in [0.4, 0.5) is 0 Å². The number of likely N-dealkylation sites (N-methyl/N-ethyl adjacent to an activating group) is 1. The van der Waals surface area contributed by atoms with Gasteiger partial charge in [-0.3, -0.25) is 0 Å². The summed E-state index contributed by atoms with van der Waals surface area (Å²) in [6, 6.07) is 8.08. The minimum Gasteiger partial charge on any atom is -0.394 e. The molecular formula is C15H23N3OS. The maximum absolute atomic E-state index is 9.50. The number of aliphatic hydroxyl groups is 1. The average molecular weight is 293 g/mol. The Hall–Kier alpha value is -1.04. The number of thioether (sulfide) groups is 1. The fourth-order valence-corrected chi connectivity index (χ4v) is 3.15. The number of nitrogens with zero attached hydrogens (tertiary/aromatic N) is 1. The molecule has 0 fully saturated rings. The zero-order valence-corrected chi connectivity index (χ0v) is 13.0. The molecule has 0 saturated carbocycles. The highest BCUT2D eigenvalue weighted by atomic mass is 32.2. The fourth-order valence-electron chi connectivity index (χ4n) is 2.33. The van der Waals surface area contributed by atoms with Crippen molar-refractivity contribution in [3.63, 3.8) is 0 Å². The predicted molar refractivity (Wildman–Crippen MR) is 85.2 cm³/mol. The summed E-state index contributed by atoms with van der Waals surface area (Å²) in [7, 11) is 1.92. The fraction of sp³-hybridized carbons (Fsp3) is 0.533. The molecule has 0 aliphatic carbocycles. The maximum Gasteiger partial charge on any atom is 0.166 e. The van der Waals surface area contributed by atoms with E-state index in [9.17, 15) is 5.11 Å². The van der Waals surface area contributed by atoms with Crippen LogP contribution in [0.15, 0.2) is 29.4 Å². The number of imidazole rings is 1. The van der Waals surface area contributed by atoms with Crippen LogP contribution in [0.3, 0.4) is 0 Å². The summed E-state index contributed by atoms with van der Waals surface area (Å²) in [6.45, 7) is 2.30.